The van der Waals surface area contributed by atoms with Crippen molar-refractivity contribution in [3.8, 4) is 0 Å². The molecule has 0 unspecified atom stereocenters. The van der Waals surface area contributed by atoms with Crippen molar-refractivity contribution < 1.29 is 19.0 Å². The van der Waals surface area contributed by atoms with Gasteiger partial charge in [-0.15, -0.1) is 5.10 Å². The van der Waals surface area contributed by atoms with Crippen molar-refractivity contribution in [2.45, 2.75) is 83.8 Å². The number of hydrogen-bond acceptors (Lipinski definition) is 5. The fraction of sp³-hybridized carbons (Fsp3) is 0.759. The smallest absolute Gasteiger partial charge is 0.157 e. The van der Waals surface area contributed by atoms with Crippen LogP contribution in [0.3, 0.4) is 0 Å². The largest absolute Gasteiger partial charge is 0.390 e. The number of ketones is 1. The van der Waals surface area contributed by atoms with E-state index in [1.54, 1.807) is 16.8 Å². The van der Waals surface area contributed by atoms with Crippen molar-refractivity contribution in [2.24, 2.45) is 40.4 Å². The first-order valence-electron chi connectivity index (χ1n) is 13.9. The predicted octanol–water partition coefficient (Wildman–Crippen LogP) is 5.18. The Labute approximate surface area is 213 Å². The number of Topliss-reactive ketones (excluding diaryl/α,β-unsaturated/α-hetero) is 1. The summed E-state index contributed by atoms with van der Waals surface area (Å²) >= 11 is 0. The molecule has 4 aliphatic carbocycles. The van der Waals surface area contributed by atoms with E-state index in [0.29, 0.717) is 29.2 Å². The number of ether oxygens (including phenoxy) is 1. The SMILES string of the molecule is COC[C@]12CC[C@@](C)(O)C[C@H]1CC[C@H]1[C@H]3CC[C@H](C(=O)Cn4nnc5c(F)cccc54)[C@@]3(C)CC[C@@H]12. The highest BCUT2D eigenvalue weighted by Crippen LogP contribution is 2.68. The van der Waals surface area contributed by atoms with Crippen LogP contribution in [0.4, 0.5) is 4.39 Å². The summed E-state index contributed by atoms with van der Waals surface area (Å²) in [5.41, 5.74) is 0.415. The van der Waals surface area contributed by atoms with E-state index in [2.05, 4.69) is 17.2 Å². The molecule has 1 heterocycles. The molecule has 196 valence electrons. The van der Waals surface area contributed by atoms with E-state index >= 15 is 0 Å². The fourth-order valence-electron chi connectivity index (χ4n) is 9.64. The third kappa shape index (κ3) is 3.59. The van der Waals surface area contributed by atoms with Gasteiger partial charge in [-0.2, -0.15) is 0 Å². The average Bonchev–Trinajstić information content (AvgIpc) is 3.41. The lowest BCUT2D eigenvalue weighted by molar-refractivity contribution is -0.175. The van der Waals surface area contributed by atoms with Gasteiger partial charge in [-0.25, -0.2) is 9.07 Å². The number of nitrogens with zero attached hydrogens (tertiary/aromatic N) is 3. The van der Waals surface area contributed by atoms with Crippen LogP contribution in [0.1, 0.15) is 71.6 Å². The molecule has 0 bridgehead atoms. The Morgan fingerprint density at radius 3 is 2.78 bits per heavy atom. The number of hydrogen-bond donors (Lipinski definition) is 1. The van der Waals surface area contributed by atoms with Crippen LogP contribution in [0.2, 0.25) is 0 Å². The first kappa shape index (κ1) is 24.5. The molecule has 4 aliphatic rings. The van der Waals surface area contributed by atoms with Crippen molar-refractivity contribution in [3.05, 3.63) is 24.0 Å². The highest BCUT2D eigenvalue weighted by atomic mass is 19.1. The molecule has 6 rings (SSSR count). The van der Waals surface area contributed by atoms with E-state index in [1.165, 1.54) is 12.5 Å². The normalized spacial score (nSPS) is 42.1. The number of carbonyl (C=O) groups is 1. The van der Waals surface area contributed by atoms with Crippen molar-refractivity contribution in [1.29, 1.82) is 0 Å². The first-order valence-corrected chi connectivity index (χ1v) is 13.9. The number of benzene rings is 1. The first-order chi connectivity index (χ1) is 17.2. The summed E-state index contributed by atoms with van der Waals surface area (Å²) in [5, 5.41) is 19.0. The Balaban J connectivity index is 1.24. The third-order valence-corrected chi connectivity index (χ3v) is 11.3. The van der Waals surface area contributed by atoms with Gasteiger partial charge in [0.15, 0.2) is 11.6 Å². The summed E-state index contributed by atoms with van der Waals surface area (Å²) in [6.45, 7) is 5.32. The lowest BCUT2D eigenvalue weighted by Crippen LogP contribution is -2.58. The molecule has 0 aliphatic heterocycles. The van der Waals surface area contributed by atoms with Gasteiger partial charge >= 0.3 is 0 Å². The van der Waals surface area contributed by atoms with Gasteiger partial charge in [0.05, 0.1) is 17.7 Å². The lowest BCUT2D eigenvalue weighted by atomic mass is 9.43. The molecule has 4 saturated carbocycles. The van der Waals surface area contributed by atoms with Gasteiger partial charge in [-0.05, 0) is 111 Å². The number of methoxy groups -OCH3 is 1. The zero-order valence-corrected chi connectivity index (χ0v) is 21.9. The molecule has 7 heteroatoms. The third-order valence-electron chi connectivity index (χ3n) is 11.3. The van der Waals surface area contributed by atoms with E-state index in [4.69, 9.17) is 4.74 Å². The highest BCUT2D eigenvalue weighted by molar-refractivity contribution is 5.84. The maximum atomic E-state index is 14.1. The predicted molar refractivity (Wildman–Crippen MR) is 135 cm³/mol. The van der Waals surface area contributed by atoms with Crippen LogP contribution >= 0.6 is 0 Å². The molecule has 6 nitrogen and oxygen atoms in total. The quantitative estimate of drug-likeness (QED) is 0.616. The number of rotatable bonds is 5. The lowest BCUT2D eigenvalue weighted by Gasteiger charge is -2.62. The topological polar surface area (TPSA) is 77.2 Å². The standard InChI is InChI=1S/C29H40FN3O3/c1-27(35)13-14-29(17-36-3)18(15-27)7-8-19-20-9-10-22(28(20,2)12-11-21(19)29)25(34)16-33-24-6-4-5-23(30)26(24)31-32-33/h4-6,18-22,35H,7-17H2,1-3H3/t18-,19+,20-,21+,22-,27-,28+,29-/m1/s1. The van der Waals surface area contributed by atoms with E-state index in [1.807, 2.05) is 14.0 Å². The molecular formula is C29H40FN3O3. The van der Waals surface area contributed by atoms with Crippen molar-refractivity contribution in [2.75, 3.05) is 13.7 Å². The summed E-state index contributed by atoms with van der Waals surface area (Å²) in [4.78, 5) is 13.7. The maximum absolute atomic E-state index is 14.1. The van der Waals surface area contributed by atoms with Gasteiger partial charge in [0, 0.05) is 13.0 Å². The number of fused-ring (bicyclic) bond motifs is 6. The molecule has 0 saturated heterocycles. The summed E-state index contributed by atoms with van der Waals surface area (Å²) in [6, 6.07) is 4.81. The Bertz CT molecular complexity index is 1160. The maximum Gasteiger partial charge on any atom is 0.157 e. The summed E-state index contributed by atoms with van der Waals surface area (Å²) in [5.74, 6) is 2.13. The zero-order chi connectivity index (χ0) is 25.3. The molecule has 1 N–H and O–H groups in total. The Morgan fingerprint density at radius 1 is 1.14 bits per heavy atom. The van der Waals surface area contributed by atoms with Crippen molar-refractivity contribution in [1.82, 2.24) is 15.0 Å². The van der Waals surface area contributed by atoms with Gasteiger partial charge in [0.25, 0.3) is 0 Å². The number of aromatic nitrogens is 3. The second-order valence-electron chi connectivity index (χ2n) is 13.0. The minimum Gasteiger partial charge on any atom is -0.390 e. The second kappa shape index (κ2) is 8.59. The number of aliphatic hydroxyl groups is 1. The molecule has 8 atom stereocenters. The minimum absolute atomic E-state index is 0.00113. The summed E-state index contributed by atoms with van der Waals surface area (Å²) in [6.07, 6.45) is 9.37. The number of carbonyl (C=O) groups excluding carboxylic acids is 1. The van der Waals surface area contributed by atoms with Crippen LogP contribution in [0.25, 0.3) is 11.0 Å². The molecule has 0 amide bonds. The van der Waals surface area contributed by atoms with Gasteiger partial charge in [-0.3, -0.25) is 4.79 Å². The molecular weight excluding hydrogens is 457 g/mol. The van der Waals surface area contributed by atoms with Crippen LogP contribution in [0, 0.1) is 46.2 Å². The van der Waals surface area contributed by atoms with Crippen LogP contribution in [0.15, 0.2) is 18.2 Å². The van der Waals surface area contributed by atoms with E-state index < -0.39 is 11.4 Å². The monoisotopic (exact) mass is 497 g/mol. The highest BCUT2D eigenvalue weighted by Gasteiger charge is 2.63. The molecule has 1 aromatic carbocycles. The Hall–Kier alpha value is -1.86. The van der Waals surface area contributed by atoms with E-state index in [-0.39, 0.29) is 34.6 Å². The average molecular weight is 498 g/mol. The zero-order valence-electron chi connectivity index (χ0n) is 21.9. The molecule has 1 aromatic heterocycles. The molecule has 36 heavy (non-hydrogen) atoms. The van der Waals surface area contributed by atoms with E-state index in [9.17, 15) is 14.3 Å². The van der Waals surface area contributed by atoms with Gasteiger partial charge in [-0.1, -0.05) is 18.2 Å². The fourth-order valence-corrected chi connectivity index (χ4v) is 9.64. The summed E-state index contributed by atoms with van der Waals surface area (Å²) in [7, 11) is 1.83. The van der Waals surface area contributed by atoms with Gasteiger partial charge in [0.2, 0.25) is 0 Å². The van der Waals surface area contributed by atoms with Crippen LogP contribution in [-0.4, -0.2) is 45.2 Å². The van der Waals surface area contributed by atoms with Crippen molar-refractivity contribution >= 4 is 16.8 Å². The minimum atomic E-state index is -0.558. The van der Waals surface area contributed by atoms with Crippen LogP contribution < -0.4 is 0 Å². The second-order valence-corrected chi connectivity index (χ2v) is 13.0. The Kier molecular flexibility index (Phi) is 5.84. The van der Waals surface area contributed by atoms with Crippen molar-refractivity contribution in [3.63, 3.8) is 0 Å². The molecule has 0 spiro atoms. The summed E-state index contributed by atoms with van der Waals surface area (Å²) < 4.78 is 21.6. The van der Waals surface area contributed by atoms with Crippen LogP contribution in [0.5, 0.6) is 0 Å². The molecule has 2 aromatic rings. The van der Waals surface area contributed by atoms with Gasteiger partial charge < -0.3 is 9.84 Å². The van der Waals surface area contributed by atoms with E-state index in [0.717, 1.165) is 58.0 Å². The van der Waals surface area contributed by atoms with Gasteiger partial charge in [0.1, 0.15) is 12.1 Å². The molecule has 4 fully saturated rings. The van der Waals surface area contributed by atoms with Crippen LogP contribution in [-0.2, 0) is 16.1 Å². The molecule has 0 radical (unpaired) electrons. The Morgan fingerprint density at radius 2 is 1.97 bits per heavy atom. The number of halogens is 1.